The van der Waals surface area contributed by atoms with Gasteiger partial charge in [0.1, 0.15) is 10.6 Å². The molecule has 3 rings (SSSR count). The van der Waals surface area contributed by atoms with E-state index >= 15 is 0 Å². The van der Waals surface area contributed by atoms with Gasteiger partial charge in [-0.25, -0.2) is 13.1 Å². The Kier molecular flexibility index (Phi) is 4.33. The van der Waals surface area contributed by atoms with E-state index in [0.29, 0.717) is 12.3 Å². The molecule has 0 fully saturated rings. The zero-order valence-electron chi connectivity index (χ0n) is 12.4. The summed E-state index contributed by atoms with van der Waals surface area (Å²) in [7, 11) is -3.93. The maximum atomic E-state index is 12.5. The van der Waals surface area contributed by atoms with Crippen LogP contribution in [0, 0.1) is 0 Å². The maximum Gasteiger partial charge on any atom is 0.433 e. The Morgan fingerprint density at radius 1 is 1.12 bits per heavy atom. The molecule has 0 atom stereocenters. The minimum Gasteiger partial charge on any atom is -0.309 e. The standard InChI is InChI=1S/C15H14F3N3O2S/c16-15(17,18)14-4-3-13(9-20-14)24(22,23)21-6-10-1-2-11-7-19-8-12(11)5-10/h1-5,9,19,21H,6-8H2. The summed E-state index contributed by atoms with van der Waals surface area (Å²) in [4.78, 5) is 2.86. The summed E-state index contributed by atoms with van der Waals surface area (Å²) in [6.45, 7) is 1.58. The third-order valence-electron chi connectivity index (χ3n) is 3.70. The summed E-state index contributed by atoms with van der Waals surface area (Å²) in [6.07, 6.45) is -3.90. The first-order chi connectivity index (χ1) is 11.3. The number of hydrogen-bond acceptors (Lipinski definition) is 4. The van der Waals surface area contributed by atoms with Crippen molar-refractivity contribution in [2.75, 3.05) is 0 Å². The van der Waals surface area contributed by atoms with E-state index in [1.807, 2.05) is 18.2 Å². The quantitative estimate of drug-likeness (QED) is 0.880. The fourth-order valence-electron chi connectivity index (χ4n) is 2.43. The van der Waals surface area contributed by atoms with Crippen LogP contribution >= 0.6 is 0 Å². The summed E-state index contributed by atoms with van der Waals surface area (Å²) >= 11 is 0. The highest BCUT2D eigenvalue weighted by Crippen LogP contribution is 2.27. The minimum absolute atomic E-state index is 0.0522. The number of alkyl halides is 3. The fraction of sp³-hybridized carbons (Fsp3) is 0.267. The number of nitrogens with zero attached hydrogens (tertiary/aromatic N) is 1. The molecule has 1 aromatic heterocycles. The Labute approximate surface area is 137 Å². The average molecular weight is 357 g/mol. The number of sulfonamides is 1. The summed E-state index contributed by atoms with van der Waals surface area (Å²) < 4.78 is 64.1. The monoisotopic (exact) mass is 357 g/mol. The van der Waals surface area contributed by atoms with Crippen LogP contribution in [0.1, 0.15) is 22.4 Å². The summed E-state index contributed by atoms with van der Waals surface area (Å²) in [5.74, 6) is 0. The molecule has 0 bridgehead atoms. The van der Waals surface area contributed by atoms with Crippen molar-refractivity contribution in [1.29, 1.82) is 0 Å². The average Bonchev–Trinajstić information content (AvgIpc) is 3.00. The van der Waals surface area contributed by atoms with Crippen LogP contribution in [-0.4, -0.2) is 13.4 Å². The van der Waals surface area contributed by atoms with E-state index < -0.39 is 21.9 Å². The molecule has 9 heteroatoms. The van der Waals surface area contributed by atoms with Crippen LogP contribution in [0.3, 0.4) is 0 Å². The second-order valence-electron chi connectivity index (χ2n) is 5.41. The summed E-state index contributed by atoms with van der Waals surface area (Å²) in [6, 6.07) is 7.20. The number of hydrogen-bond donors (Lipinski definition) is 2. The molecule has 5 nitrogen and oxygen atoms in total. The Hall–Kier alpha value is -1.97. The molecule has 2 N–H and O–H groups in total. The van der Waals surface area contributed by atoms with Crippen molar-refractivity contribution in [3.8, 4) is 0 Å². The van der Waals surface area contributed by atoms with Gasteiger partial charge in [0, 0.05) is 25.8 Å². The van der Waals surface area contributed by atoms with E-state index in [1.54, 1.807) is 0 Å². The molecule has 2 aromatic rings. The van der Waals surface area contributed by atoms with Crippen LogP contribution in [0.2, 0.25) is 0 Å². The predicted molar refractivity (Wildman–Crippen MR) is 80.3 cm³/mol. The third-order valence-corrected chi connectivity index (χ3v) is 5.09. The normalized spacial score (nSPS) is 14.6. The maximum absolute atomic E-state index is 12.5. The lowest BCUT2D eigenvalue weighted by Gasteiger charge is -2.09. The number of pyridine rings is 1. The molecular weight excluding hydrogens is 343 g/mol. The molecule has 2 heterocycles. The molecule has 1 aliphatic rings. The van der Waals surface area contributed by atoms with E-state index in [4.69, 9.17) is 0 Å². The van der Waals surface area contributed by atoms with Gasteiger partial charge in [-0.1, -0.05) is 18.2 Å². The van der Waals surface area contributed by atoms with Gasteiger partial charge < -0.3 is 5.32 Å². The number of fused-ring (bicyclic) bond motifs is 1. The van der Waals surface area contributed by atoms with Crippen LogP contribution < -0.4 is 10.0 Å². The highest BCUT2D eigenvalue weighted by Gasteiger charge is 2.32. The van der Waals surface area contributed by atoms with Gasteiger partial charge in [-0.3, -0.25) is 4.98 Å². The van der Waals surface area contributed by atoms with Gasteiger partial charge in [-0.2, -0.15) is 13.2 Å². The summed E-state index contributed by atoms with van der Waals surface area (Å²) in [5.41, 5.74) is 1.94. The number of benzene rings is 1. The molecule has 1 aromatic carbocycles. The van der Waals surface area contributed by atoms with Gasteiger partial charge in [0.15, 0.2) is 0 Å². The topological polar surface area (TPSA) is 71.1 Å². The minimum atomic E-state index is -4.60. The van der Waals surface area contributed by atoms with Gasteiger partial charge in [0.25, 0.3) is 0 Å². The van der Waals surface area contributed by atoms with Crippen molar-refractivity contribution in [3.63, 3.8) is 0 Å². The van der Waals surface area contributed by atoms with Crippen molar-refractivity contribution >= 4 is 10.0 Å². The summed E-state index contributed by atoms with van der Waals surface area (Å²) in [5, 5.41) is 3.19. The molecular formula is C15H14F3N3O2S. The van der Waals surface area contributed by atoms with Gasteiger partial charge in [-0.15, -0.1) is 0 Å². The molecule has 128 valence electrons. The van der Waals surface area contributed by atoms with Crippen LogP contribution in [0.15, 0.2) is 41.4 Å². The predicted octanol–water partition coefficient (Wildman–Crippen LogP) is 2.18. The Morgan fingerprint density at radius 3 is 2.54 bits per heavy atom. The molecule has 0 aliphatic carbocycles. The Balaban J connectivity index is 1.72. The van der Waals surface area contributed by atoms with E-state index in [-0.39, 0.29) is 11.4 Å². The van der Waals surface area contributed by atoms with Gasteiger partial charge in [0.05, 0.1) is 0 Å². The van der Waals surface area contributed by atoms with Crippen molar-refractivity contribution in [2.45, 2.75) is 30.7 Å². The van der Waals surface area contributed by atoms with Crippen molar-refractivity contribution in [2.24, 2.45) is 0 Å². The van der Waals surface area contributed by atoms with Gasteiger partial charge in [-0.05, 0) is 28.8 Å². The molecule has 24 heavy (non-hydrogen) atoms. The largest absolute Gasteiger partial charge is 0.433 e. The lowest BCUT2D eigenvalue weighted by atomic mass is 10.1. The second kappa shape index (κ2) is 6.15. The van der Waals surface area contributed by atoms with E-state index in [2.05, 4.69) is 15.0 Å². The fourth-order valence-corrected chi connectivity index (χ4v) is 3.39. The molecule has 0 spiro atoms. The molecule has 0 saturated heterocycles. The van der Waals surface area contributed by atoms with Gasteiger partial charge in [0.2, 0.25) is 10.0 Å². The first-order valence-electron chi connectivity index (χ1n) is 7.10. The Morgan fingerprint density at radius 2 is 1.88 bits per heavy atom. The molecule has 0 unspecified atom stereocenters. The highest BCUT2D eigenvalue weighted by molar-refractivity contribution is 7.89. The zero-order valence-corrected chi connectivity index (χ0v) is 13.2. The number of nitrogens with one attached hydrogen (secondary N) is 2. The zero-order chi connectivity index (χ0) is 17.4. The lowest BCUT2D eigenvalue weighted by Crippen LogP contribution is -2.23. The van der Waals surface area contributed by atoms with E-state index in [9.17, 15) is 21.6 Å². The number of rotatable bonds is 4. The number of halogens is 3. The first-order valence-corrected chi connectivity index (χ1v) is 8.58. The highest BCUT2D eigenvalue weighted by atomic mass is 32.2. The molecule has 0 amide bonds. The van der Waals surface area contributed by atoms with Crippen molar-refractivity contribution in [3.05, 3.63) is 58.9 Å². The van der Waals surface area contributed by atoms with E-state index in [0.717, 1.165) is 30.3 Å². The van der Waals surface area contributed by atoms with Crippen molar-refractivity contribution in [1.82, 2.24) is 15.0 Å². The number of aromatic nitrogens is 1. The Bertz CT molecular complexity index is 849. The van der Waals surface area contributed by atoms with Crippen molar-refractivity contribution < 1.29 is 21.6 Å². The SMILES string of the molecule is O=S(=O)(NCc1ccc2c(c1)CNC2)c1ccc(C(F)(F)F)nc1. The van der Waals surface area contributed by atoms with Gasteiger partial charge >= 0.3 is 6.18 Å². The third kappa shape index (κ3) is 3.58. The lowest BCUT2D eigenvalue weighted by molar-refractivity contribution is -0.141. The molecule has 0 radical (unpaired) electrons. The van der Waals surface area contributed by atoms with E-state index in [1.165, 1.54) is 5.56 Å². The van der Waals surface area contributed by atoms with Crippen LogP contribution in [0.25, 0.3) is 0 Å². The van der Waals surface area contributed by atoms with Crippen LogP contribution in [0.4, 0.5) is 13.2 Å². The van der Waals surface area contributed by atoms with Crippen LogP contribution in [0.5, 0.6) is 0 Å². The smallest absolute Gasteiger partial charge is 0.309 e. The molecule has 0 saturated carbocycles. The molecule has 1 aliphatic heterocycles. The van der Waals surface area contributed by atoms with Crippen LogP contribution in [-0.2, 0) is 35.8 Å². The second-order valence-corrected chi connectivity index (χ2v) is 7.18. The first kappa shape index (κ1) is 16.9.